The molecule has 1 aromatic carbocycles. The first kappa shape index (κ1) is 14.4. The van der Waals surface area contributed by atoms with Gasteiger partial charge >= 0.3 is 0 Å². The van der Waals surface area contributed by atoms with Gasteiger partial charge in [-0.15, -0.1) is 0 Å². The summed E-state index contributed by atoms with van der Waals surface area (Å²) in [5.41, 5.74) is 1.99. The predicted molar refractivity (Wildman–Crippen MR) is 80.6 cm³/mol. The molecule has 1 heterocycles. The monoisotopic (exact) mass is 262 g/mol. The van der Waals surface area contributed by atoms with E-state index >= 15 is 0 Å². The Morgan fingerprint density at radius 1 is 1.37 bits per heavy atom. The van der Waals surface area contributed by atoms with Crippen LogP contribution in [0.4, 0.5) is 5.69 Å². The molecule has 0 aliphatic carbocycles. The van der Waals surface area contributed by atoms with E-state index in [-0.39, 0.29) is 0 Å². The Morgan fingerprint density at radius 2 is 2.11 bits per heavy atom. The molecule has 0 amide bonds. The van der Waals surface area contributed by atoms with Gasteiger partial charge in [-0.3, -0.25) is 4.90 Å². The van der Waals surface area contributed by atoms with Crippen molar-refractivity contribution in [2.24, 2.45) is 0 Å². The van der Waals surface area contributed by atoms with Gasteiger partial charge < -0.3 is 10.0 Å². The van der Waals surface area contributed by atoms with Gasteiger partial charge in [-0.1, -0.05) is 12.1 Å². The van der Waals surface area contributed by atoms with Gasteiger partial charge in [-0.05, 0) is 50.9 Å². The lowest BCUT2D eigenvalue weighted by Crippen LogP contribution is -2.38. The van der Waals surface area contributed by atoms with Gasteiger partial charge in [-0.2, -0.15) is 0 Å². The zero-order valence-electron chi connectivity index (χ0n) is 12.6. The first-order valence-electron chi connectivity index (χ1n) is 7.10. The maximum Gasteiger partial charge on any atom is 0.0718 e. The van der Waals surface area contributed by atoms with Crippen LogP contribution < -0.4 is 4.90 Å². The van der Waals surface area contributed by atoms with E-state index in [0.717, 1.165) is 13.1 Å². The maximum atomic E-state index is 10.0. The molecule has 1 fully saturated rings. The van der Waals surface area contributed by atoms with Crippen molar-refractivity contribution in [3.8, 4) is 0 Å². The van der Waals surface area contributed by atoms with Crippen LogP contribution in [0.1, 0.15) is 38.3 Å². The van der Waals surface area contributed by atoms with E-state index in [2.05, 4.69) is 48.2 Å². The van der Waals surface area contributed by atoms with Crippen LogP contribution in [0.5, 0.6) is 0 Å². The highest BCUT2D eigenvalue weighted by Crippen LogP contribution is 2.34. The molecule has 3 heteroatoms. The zero-order valence-corrected chi connectivity index (χ0v) is 12.6. The molecule has 0 saturated carbocycles. The molecule has 3 nitrogen and oxygen atoms in total. The quantitative estimate of drug-likeness (QED) is 0.903. The van der Waals surface area contributed by atoms with Crippen LogP contribution in [-0.4, -0.2) is 42.8 Å². The van der Waals surface area contributed by atoms with Crippen molar-refractivity contribution in [1.29, 1.82) is 0 Å². The predicted octanol–water partition coefficient (Wildman–Crippen LogP) is 2.66. The summed E-state index contributed by atoms with van der Waals surface area (Å²) >= 11 is 0. The van der Waals surface area contributed by atoms with Crippen LogP contribution in [0.3, 0.4) is 0 Å². The van der Waals surface area contributed by atoms with Crippen LogP contribution in [0.25, 0.3) is 0 Å². The first-order chi connectivity index (χ1) is 8.87. The minimum Gasteiger partial charge on any atom is -0.389 e. The smallest absolute Gasteiger partial charge is 0.0718 e. The van der Waals surface area contributed by atoms with Gasteiger partial charge in [0.2, 0.25) is 0 Å². The topological polar surface area (TPSA) is 26.7 Å². The molecule has 0 aromatic heterocycles. The van der Waals surface area contributed by atoms with Crippen LogP contribution in [0.2, 0.25) is 0 Å². The standard InChI is InChI=1S/C16H26N2O/c1-16(2,19)12-18-10-6-9-15(18)13-7-5-8-14(11-13)17(3)4/h5,7-8,11,15,19H,6,9-10,12H2,1-4H3/t15-/m0/s1. The lowest BCUT2D eigenvalue weighted by molar-refractivity contribution is 0.0317. The molecule has 1 aromatic rings. The summed E-state index contributed by atoms with van der Waals surface area (Å²) in [6, 6.07) is 9.20. The number of hydrogen-bond acceptors (Lipinski definition) is 3. The van der Waals surface area contributed by atoms with E-state index in [1.165, 1.54) is 24.1 Å². The van der Waals surface area contributed by atoms with Crippen molar-refractivity contribution in [3.05, 3.63) is 29.8 Å². The average Bonchev–Trinajstić information content (AvgIpc) is 2.75. The molecule has 1 N–H and O–H groups in total. The second-order valence-electron chi connectivity index (χ2n) is 6.43. The van der Waals surface area contributed by atoms with Gasteiger partial charge in [0.1, 0.15) is 0 Å². The van der Waals surface area contributed by atoms with E-state index in [9.17, 15) is 5.11 Å². The molecular formula is C16H26N2O. The maximum absolute atomic E-state index is 10.0. The Morgan fingerprint density at radius 3 is 2.74 bits per heavy atom. The van der Waals surface area contributed by atoms with E-state index < -0.39 is 5.60 Å². The number of likely N-dealkylation sites (tertiary alicyclic amines) is 1. The highest BCUT2D eigenvalue weighted by molar-refractivity contribution is 5.48. The summed E-state index contributed by atoms with van der Waals surface area (Å²) in [5.74, 6) is 0. The number of hydrogen-bond donors (Lipinski definition) is 1. The highest BCUT2D eigenvalue weighted by atomic mass is 16.3. The van der Waals surface area contributed by atoms with E-state index in [1.54, 1.807) is 0 Å². The van der Waals surface area contributed by atoms with Gasteiger partial charge in [0.05, 0.1) is 5.60 Å². The van der Waals surface area contributed by atoms with Gasteiger partial charge in [0.25, 0.3) is 0 Å². The number of anilines is 1. The van der Waals surface area contributed by atoms with Crippen molar-refractivity contribution in [2.75, 3.05) is 32.1 Å². The van der Waals surface area contributed by atoms with Crippen LogP contribution >= 0.6 is 0 Å². The highest BCUT2D eigenvalue weighted by Gasteiger charge is 2.29. The molecule has 1 atom stereocenters. The molecule has 2 rings (SSSR count). The molecule has 0 spiro atoms. The fourth-order valence-corrected chi connectivity index (χ4v) is 2.90. The summed E-state index contributed by atoms with van der Waals surface area (Å²) in [4.78, 5) is 4.55. The lowest BCUT2D eigenvalue weighted by Gasteiger charge is -2.31. The Kier molecular flexibility index (Phi) is 4.16. The average molecular weight is 262 g/mol. The Bertz CT molecular complexity index is 423. The van der Waals surface area contributed by atoms with Gasteiger partial charge in [0, 0.05) is 32.4 Å². The van der Waals surface area contributed by atoms with Gasteiger partial charge in [-0.25, -0.2) is 0 Å². The third kappa shape index (κ3) is 3.71. The minimum atomic E-state index is -0.623. The SMILES string of the molecule is CN(C)c1cccc([C@@H]2CCCN2CC(C)(C)O)c1. The number of rotatable bonds is 4. The molecular weight excluding hydrogens is 236 g/mol. The second-order valence-corrected chi connectivity index (χ2v) is 6.43. The zero-order chi connectivity index (χ0) is 14.0. The minimum absolute atomic E-state index is 0.450. The van der Waals surface area contributed by atoms with Crippen molar-refractivity contribution in [3.63, 3.8) is 0 Å². The number of β-amino-alcohol motifs (C(OH)–C–C–N with tert-alkyl or cyclic N) is 1. The van der Waals surface area contributed by atoms with Crippen LogP contribution in [-0.2, 0) is 0 Å². The summed E-state index contributed by atoms with van der Waals surface area (Å²) < 4.78 is 0. The molecule has 1 aliphatic rings. The van der Waals surface area contributed by atoms with Crippen molar-refractivity contribution >= 4 is 5.69 Å². The normalized spacial score (nSPS) is 20.8. The number of aliphatic hydroxyl groups is 1. The molecule has 1 saturated heterocycles. The van der Waals surface area contributed by atoms with E-state index in [0.29, 0.717) is 6.04 Å². The number of nitrogens with zero attached hydrogens (tertiary/aromatic N) is 2. The Balaban J connectivity index is 2.18. The van der Waals surface area contributed by atoms with Crippen molar-refractivity contribution in [2.45, 2.75) is 38.3 Å². The largest absolute Gasteiger partial charge is 0.389 e. The van der Waals surface area contributed by atoms with Crippen LogP contribution in [0, 0.1) is 0 Å². The van der Waals surface area contributed by atoms with Crippen molar-refractivity contribution in [1.82, 2.24) is 4.90 Å². The summed E-state index contributed by atoms with van der Waals surface area (Å²) in [6.45, 7) is 5.60. The van der Waals surface area contributed by atoms with Gasteiger partial charge in [0.15, 0.2) is 0 Å². The summed E-state index contributed by atoms with van der Waals surface area (Å²) in [7, 11) is 4.14. The fourth-order valence-electron chi connectivity index (χ4n) is 2.90. The third-order valence-corrected chi connectivity index (χ3v) is 3.73. The number of benzene rings is 1. The molecule has 106 valence electrons. The molecule has 0 bridgehead atoms. The second kappa shape index (κ2) is 5.51. The lowest BCUT2D eigenvalue weighted by atomic mass is 10.0. The van der Waals surface area contributed by atoms with Crippen LogP contribution in [0.15, 0.2) is 24.3 Å². The van der Waals surface area contributed by atoms with E-state index in [4.69, 9.17) is 0 Å². The summed E-state index contributed by atoms with van der Waals surface area (Å²) in [5, 5.41) is 10.0. The fraction of sp³-hybridized carbons (Fsp3) is 0.625. The summed E-state index contributed by atoms with van der Waals surface area (Å²) in [6.07, 6.45) is 2.40. The molecule has 0 radical (unpaired) electrons. The Labute approximate surface area is 116 Å². The van der Waals surface area contributed by atoms with Crippen molar-refractivity contribution < 1.29 is 5.11 Å². The molecule has 0 unspecified atom stereocenters. The van der Waals surface area contributed by atoms with E-state index in [1.807, 2.05) is 13.8 Å². The molecule has 1 aliphatic heterocycles. The first-order valence-corrected chi connectivity index (χ1v) is 7.10. The third-order valence-electron chi connectivity index (χ3n) is 3.73. The molecule has 19 heavy (non-hydrogen) atoms. The Hall–Kier alpha value is -1.06.